The van der Waals surface area contributed by atoms with Crippen molar-refractivity contribution in [3.63, 3.8) is 0 Å². The number of thiophene rings is 1. The molecule has 1 atom stereocenters. The first kappa shape index (κ1) is 20.3. The van der Waals surface area contributed by atoms with Gasteiger partial charge in [0.05, 0.1) is 21.5 Å². The van der Waals surface area contributed by atoms with E-state index in [1.165, 1.54) is 12.1 Å². The van der Waals surface area contributed by atoms with Gasteiger partial charge in [-0.3, -0.25) is 9.69 Å². The molecule has 3 aliphatic heterocycles. The number of nitrogens with one attached hydrogen (secondary N) is 1. The maximum Gasteiger partial charge on any atom is 0.419 e. The van der Waals surface area contributed by atoms with Crippen LogP contribution < -0.4 is 5.32 Å². The van der Waals surface area contributed by atoms with E-state index in [0.717, 1.165) is 50.1 Å². The molecule has 3 saturated heterocycles. The molecular formula is C19H19Cl2F3N2OS. The lowest BCUT2D eigenvalue weighted by Crippen LogP contribution is -2.65. The zero-order valence-electron chi connectivity index (χ0n) is 14.8. The second-order valence-corrected chi connectivity index (χ2v) is 9.29. The molecule has 1 spiro atoms. The monoisotopic (exact) mass is 450 g/mol. The van der Waals surface area contributed by atoms with Crippen molar-refractivity contribution >= 4 is 51.3 Å². The van der Waals surface area contributed by atoms with Crippen molar-refractivity contribution in [3.05, 3.63) is 33.7 Å². The molecule has 6 rings (SSSR count). The van der Waals surface area contributed by atoms with Crippen LogP contribution >= 0.6 is 35.3 Å². The number of hydrogen-bond donors (Lipinski definition) is 1. The number of amides is 1. The van der Waals surface area contributed by atoms with Crippen molar-refractivity contribution in [2.75, 3.05) is 13.1 Å². The number of piperidine rings is 3. The van der Waals surface area contributed by atoms with Gasteiger partial charge in [-0.2, -0.15) is 13.2 Å². The summed E-state index contributed by atoms with van der Waals surface area (Å²) >= 11 is 6.67. The predicted octanol–water partition coefficient (Wildman–Crippen LogP) is 5.35. The highest BCUT2D eigenvalue weighted by Gasteiger charge is 2.60. The minimum absolute atomic E-state index is 0. The van der Waals surface area contributed by atoms with E-state index in [2.05, 4.69) is 10.2 Å². The van der Waals surface area contributed by atoms with Crippen molar-refractivity contribution < 1.29 is 18.0 Å². The SMILES string of the molecule is Cl.O=C(N[C@@H]1C2CCN(CC2)C12CC2)c1cc2ccc(Cl)c(C(F)(F)F)c2s1. The second-order valence-electron chi connectivity index (χ2n) is 7.83. The number of nitrogens with zero attached hydrogens (tertiary/aromatic N) is 1. The zero-order valence-corrected chi connectivity index (χ0v) is 17.2. The summed E-state index contributed by atoms with van der Waals surface area (Å²) in [5, 5.41) is 3.23. The van der Waals surface area contributed by atoms with Crippen LogP contribution in [0.4, 0.5) is 13.2 Å². The van der Waals surface area contributed by atoms with E-state index >= 15 is 0 Å². The molecule has 2 aromatic rings. The summed E-state index contributed by atoms with van der Waals surface area (Å²) in [5.41, 5.74) is -0.763. The van der Waals surface area contributed by atoms with Crippen molar-refractivity contribution in [3.8, 4) is 0 Å². The van der Waals surface area contributed by atoms with Crippen LogP contribution in [0, 0.1) is 5.92 Å². The van der Waals surface area contributed by atoms with Crippen LogP contribution in [0.15, 0.2) is 18.2 Å². The minimum atomic E-state index is -4.55. The maximum atomic E-state index is 13.4. The maximum absolute atomic E-state index is 13.4. The van der Waals surface area contributed by atoms with Crippen molar-refractivity contribution in [1.29, 1.82) is 0 Å². The highest BCUT2D eigenvalue weighted by molar-refractivity contribution is 7.21. The molecule has 0 radical (unpaired) electrons. The summed E-state index contributed by atoms with van der Waals surface area (Å²) in [7, 11) is 0. The van der Waals surface area contributed by atoms with Crippen LogP contribution in [0.1, 0.15) is 40.9 Å². The molecular weight excluding hydrogens is 432 g/mol. The average Bonchev–Trinajstić information content (AvgIpc) is 3.27. The van der Waals surface area contributed by atoms with Crippen LogP contribution in [-0.4, -0.2) is 35.5 Å². The topological polar surface area (TPSA) is 32.3 Å². The Balaban J connectivity index is 0.00000192. The molecule has 1 aromatic carbocycles. The first-order chi connectivity index (χ1) is 12.8. The number of rotatable bonds is 2. The highest BCUT2D eigenvalue weighted by atomic mass is 35.5. The molecule has 1 amide bonds. The van der Waals surface area contributed by atoms with Gasteiger partial charge in [-0.15, -0.1) is 23.7 Å². The number of halogens is 5. The van der Waals surface area contributed by atoms with Crippen molar-refractivity contribution in [2.24, 2.45) is 5.92 Å². The van der Waals surface area contributed by atoms with Gasteiger partial charge in [-0.1, -0.05) is 17.7 Å². The van der Waals surface area contributed by atoms with E-state index in [-0.39, 0.29) is 39.6 Å². The summed E-state index contributed by atoms with van der Waals surface area (Å²) in [6.07, 6.45) is -0.216. The first-order valence-electron chi connectivity index (χ1n) is 9.15. The number of carbonyl (C=O) groups is 1. The molecule has 2 bridgehead atoms. The Hall–Kier alpha value is -1.02. The summed E-state index contributed by atoms with van der Waals surface area (Å²) in [4.78, 5) is 15.7. The molecule has 28 heavy (non-hydrogen) atoms. The molecule has 1 N–H and O–H groups in total. The second kappa shape index (κ2) is 6.76. The number of carbonyl (C=O) groups excluding carboxylic acids is 1. The van der Waals surface area contributed by atoms with Crippen molar-refractivity contribution in [1.82, 2.24) is 10.2 Å². The first-order valence-corrected chi connectivity index (χ1v) is 10.3. The Bertz CT molecular complexity index is 933. The molecule has 1 aromatic heterocycles. The highest BCUT2D eigenvalue weighted by Crippen LogP contribution is 2.54. The van der Waals surface area contributed by atoms with Gasteiger partial charge in [-0.25, -0.2) is 0 Å². The summed E-state index contributed by atoms with van der Waals surface area (Å²) in [6, 6.07) is 4.43. The predicted molar refractivity (Wildman–Crippen MR) is 107 cm³/mol. The molecule has 4 aliphatic rings. The van der Waals surface area contributed by atoms with Gasteiger partial charge in [0.1, 0.15) is 0 Å². The third kappa shape index (κ3) is 3.02. The Morgan fingerprint density at radius 1 is 1.25 bits per heavy atom. The molecule has 3 nitrogen and oxygen atoms in total. The molecule has 4 heterocycles. The molecule has 4 fully saturated rings. The standard InChI is InChI=1S/C19H18ClF3N2OS.ClH/c20-12-2-1-11-9-13(27-15(11)14(12)19(21,22)23)17(26)24-16-10-3-7-25(8-4-10)18(16)5-6-18;/h1-2,9-10,16H,3-8H2,(H,24,26);1H/t16-;/m1./s1. The van der Waals surface area contributed by atoms with E-state index in [0.29, 0.717) is 16.2 Å². The van der Waals surface area contributed by atoms with Gasteiger partial charge < -0.3 is 5.32 Å². The summed E-state index contributed by atoms with van der Waals surface area (Å²) < 4.78 is 40.2. The third-order valence-electron chi connectivity index (χ3n) is 6.41. The van der Waals surface area contributed by atoms with Gasteiger partial charge in [0.25, 0.3) is 5.91 Å². The quantitative estimate of drug-likeness (QED) is 0.668. The normalized spacial score (nSPS) is 27.6. The van der Waals surface area contributed by atoms with Gasteiger partial charge in [0.2, 0.25) is 0 Å². The average molecular weight is 451 g/mol. The fraction of sp³-hybridized carbons (Fsp3) is 0.526. The van der Waals surface area contributed by atoms with Crippen LogP contribution in [-0.2, 0) is 6.18 Å². The smallest absolute Gasteiger partial charge is 0.346 e. The Morgan fingerprint density at radius 2 is 1.93 bits per heavy atom. The number of alkyl halides is 3. The Kier molecular flexibility index (Phi) is 4.89. The van der Waals surface area contributed by atoms with Crippen LogP contribution in [0.2, 0.25) is 5.02 Å². The lowest BCUT2D eigenvalue weighted by atomic mass is 9.77. The van der Waals surface area contributed by atoms with E-state index in [1.807, 2.05) is 0 Å². The van der Waals surface area contributed by atoms with Crippen LogP contribution in [0.5, 0.6) is 0 Å². The molecule has 9 heteroatoms. The van der Waals surface area contributed by atoms with E-state index in [9.17, 15) is 18.0 Å². The molecule has 1 aliphatic carbocycles. The number of hydrogen-bond acceptors (Lipinski definition) is 3. The van der Waals surface area contributed by atoms with E-state index < -0.39 is 11.7 Å². The lowest BCUT2D eigenvalue weighted by molar-refractivity contribution is -0.136. The lowest BCUT2D eigenvalue weighted by Gasteiger charge is -2.52. The Morgan fingerprint density at radius 3 is 2.54 bits per heavy atom. The van der Waals surface area contributed by atoms with Crippen molar-refractivity contribution in [2.45, 2.75) is 43.4 Å². The van der Waals surface area contributed by atoms with Crippen LogP contribution in [0.25, 0.3) is 10.1 Å². The Labute approximate surface area is 175 Å². The largest absolute Gasteiger partial charge is 0.419 e. The van der Waals surface area contributed by atoms with Gasteiger partial charge >= 0.3 is 6.18 Å². The molecule has 0 unspecified atom stereocenters. The van der Waals surface area contributed by atoms with E-state index in [1.54, 1.807) is 6.07 Å². The van der Waals surface area contributed by atoms with Gasteiger partial charge in [-0.05, 0) is 62.2 Å². The van der Waals surface area contributed by atoms with E-state index in [4.69, 9.17) is 11.6 Å². The fourth-order valence-corrected chi connectivity index (χ4v) is 6.44. The summed E-state index contributed by atoms with van der Waals surface area (Å²) in [5.74, 6) is 0.196. The van der Waals surface area contributed by atoms with Crippen LogP contribution in [0.3, 0.4) is 0 Å². The molecule has 1 saturated carbocycles. The third-order valence-corrected chi connectivity index (χ3v) is 7.89. The molecule has 152 valence electrons. The van der Waals surface area contributed by atoms with Gasteiger partial charge in [0.15, 0.2) is 0 Å². The minimum Gasteiger partial charge on any atom is -0.346 e. The number of benzene rings is 1. The number of fused-ring (bicyclic) bond motifs is 3. The zero-order chi connectivity index (χ0) is 19.0. The summed E-state index contributed by atoms with van der Waals surface area (Å²) in [6.45, 7) is 2.18. The fourth-order valence-electron chi connectivity index (χ4n) is 4.99. The van der Waals surface area contributed by atoms with Gasteiger partial charge in [0, 0.05) is 10.2 Å².